The van der Waals surface area contributed by atoms with Gasteiger partial charge < -0.3 is 20.5 Å². The van der Waals surface area contributed by atoms with Crippen LogP contribution < -0.4 is 10.6 Å². The zero-order chi connectivity index (χ0) is 21.2. The van der Waals surface area contributed by atoms with Gasteiger partial charge in [0.15, 0.2) is 5.96 Å². The topological polar surface area (TPSA) is 69.1 Å². The van der Waals surface area contributed by atoms with Crippen molar-refractivity contribution in [3.63, 3.8) is 0 Å². The van der Waals surface area contributed by atoms with Gasteiger partial charge in [0.05, 0.1) is 25.9 Å². The summed E-state index contributed by atoms with van der Waals surface area (Å²) in [4.78, 5) is 6.79. The minimum atomic E-state index is 0.0102. The molecular weight excluding hydrogens is 400 g/mol. The smallest absolute Gasteiger partial charge is 0.191 e. The van der Waals surface area contributed by atoms with Gasteiger partial charge in [0.2, 0.25) is 0 Å². The van der Waals surface area contributed by atoms with Crippen molar-refractivity contribution < 1.29 is 9.84 Å². The molecule has 3 N–H and O–H groups in total. The van der Waals surface area contributed by atoms with Gasteiger partial charge in [-0.25, -0.2) is 0 Å². The lowest BCUT2D eigenvalue weighted by Crippen LogP contribution is -2.47. The molecule has 0 amide bonds. The summed E-state index contributed by atoms with van der Waals surface area (Å²) >= 11 is 6.09. The van der Waals surface area contributed by atoms with Gasteiger partial charge in [-0.3, -0.25) is 9.89 Å². The van der Waals surface area contributed by atoms with E-state index in [1.165, 1.54) is 5.56 Å². The number of hydrogen-bond donors (Lipinski definition) is 3. The Morgan fingerprint density at radius 2 is 1.70 bits per heavy atom. The second kappa shape index (κ2) is 11.9. The van der Waals surface area contributed by atoms with Crippen molar-refractivity contribution in [2.75, 3.05) is 53.0 Å². The number of nitrogens with one attached hydrogen (secondary N) is 2. The van der Waals surface area contributed by atoms with Crippen LogP contribution in [0.3, 0.4) is 0 Å². The van der Waals surface area contributed by atoms with Gasteiger partial charge in [-0.05, 0) is 23.3 Å². The van der Waals surface area contributed by atoms with Gasteiger partial charge in [0.25, 0.3) is 0 Å². The predicted octanol–water partition coefficient (Wildman–Crippen LogP) is 2.65. The molecule has 0 spiro atoms. The number of aliphatic hydroxyl groups excluding tert-OH is 1. The Kier molecular flexibility index (Phi) is 8.96. The normalized spacial score (nSPS) is 17.4. The molecule has 2 aromatic rings. The van der Waals surface area contributed by atoms with E-state index in [9.17, 15) is 5.11 Å². The highest BCUT2D eigenvalue weighted by Crippen LogP contribution is 2.23. The molecule has 0 saturated carbocycles. The highest BCUT2D eigenvalue weighted by molar-refractivity contribution is 6.30. The molecule has 0 bridgehead atoms. The molecule has 0 aromatic heterocycles. The number of aliphatic hydroxyl groups is 1. The van der Waals surface area contributed by atoms with Crippen LogP contribution in [-0.2, 0) is 4.74 Å². The van der Waals surface area contributed by atoms with Gasteiger partial charge in [0.1, 0.15) is 0 Å². The first-order valence-corrected chi connectivity index (χ1v) is 10.8. The first kappa shape index (κ1) is 22.6. The average molecular weight is 431 g/mol. The molecule has 3 rings (SSSR count). The molecule has 1 aliphatic heterocycles. The number of nitrogens with zero attached hydrogens (tertiary/aromatic N) is 2. The molecule has 7 heteroatoms. The Bertz CT molecular complexity index is 780. The van der Waals surface area contributed by atoms with E-state index in [0.717, 1.165) is 42.8 Å². The molecule has 1 aliphatic rings. The van der Waals surface area contributed by atoms with Crippen LogP contribution in [0.2, 0.25) is 5.02 Å². The van der Waals surface area contributed by atoms with Crippen LogP contribution in [-0.4, -0.2) is 69.0 Å². The second-order valence-electron chi connectivity index (χ2n) is 7.34. The van der Waals surface area contributed by atoms with Crippen LogP contribution in [0.4, 0.5) is 0 Å². The fraction of sp³-hybridized carbons (Fsp3) is 0.435. The Morgan fingerprint density at radius 3 is 2.33 bits per heavy atom. The van der Waals surface area contributed by atoms with Gasteiger partial charge in [0, 0.05) is 44.2 Å². The number of ether oxygens (including phenoxy) is 1. The lowest BCUT2D eigenvalue weighted by molar-refractivity contribution is 0.0170. The number of halogens is 1. The van der Waals surface area contributed by atoms with Crippen molar-refractivity contribution in [3.8, 4) is 0 Å². The van der Waals surface area contributed by atoms with Crippen molar-refractivity contribution in [1.29, 1.82) is 0 Å². The van der Waals surface area contributed by atoms with Crippen LogP contribution in [0, 0.1) is 0 Å². The summed E-state index contributed by atoms with van der Waals surface area (Å²) in [5.41, 5.74) is 2.32. The standard InChI is InChI=1S/C23H31ClN4O2/c1-25-23(26-15-20(17-29)18-5-3-2-4-6-18)27-16-22(28-11-13-30-14-12-28)19-7-9-21(24)10-8-19/h2-10,20,22,29H,11-17H2,1H3,(H2,25,26,27). The Labute approximate surface area is 183 Å². The Hall–Kier alpha value is -2.12. The summed E-state index contributed by atoms with van der Waals surface area (Å²) in [6.07, 6.45) is 0. The summed E-state index contributed by atoms with van der Waals surface area (Å²) in [7, 11) is 1.76. The monoisotopic (exact) mass is 430 g/mol. The Balaban J connectivity index is 1.61. The van der Waals surface area contributed by atoms with Crippen molar-refractivity contribution >= 4 is 17.6 Å². The summed E-state index contributed by atoms with van der Waals surface area (Å²) in [6, 6.07) is 18.2. The van der Waals surface area contributed by atoms with Crippen LogP contribution in [0.5, 0.6) is 0 Å². The number of hydrogen-bond acceptors (Lipinski definition) is 4. The summed E-state index contributed by atoms with van der Waals surface area (Å²) in [5.74, 6) is 0.729. The maximum atomic E-state index is 9.79. The van der Waals surface area contributed by atoms with E-state index >= 15 is 0 Å². The van der Waals surface area contributed by atoms with Gasteiger partial charge >= 0.3 is 0 Å². The highest BCUT2D eigenvalue weighted by atomic mass is 35.5. The molecule has 2 unspecified atom stereocenters. The van der Waals surface area contributed by atoms with Crippen molar-refractivity contribution in [2.24, 2.45) is 4.99 Å². The highest BCUT2D eigenvalue weighted by Gasteiger charge is 2.23. The molecule has 0 radical (unpaired) electrons. The lowest BCUT2D eigenvalue weighted by Gasteiger charge is -2.35. The van der Waals surface area contributed by atoms with Crippen LogP contribution in [0.1, 0.15) is 23.1 Å². The first-order chi connectivity index (χ1) is 14.7. The molecule has 30 heavy (non-hydrogen) atoms. The second-order valence-corrected chi connectivity index (χ2v) is 7.78. The molecule has 1 fully saturated rings. The van der Waals surface area contributed by atoms with Gasteiger partial charge in [-0.2, -0.15) is 0 Å². The predicted molar refractivity (Wildman–Crippen MR) is 122 cm³/mol. The van der Waals surface area contributed by atoms with Crippen LogP contribution in [0.15, 0.2) is 59.6 Å². The van der Waals surface area contributed by atoms with Crippen LogP contribution >= 0.6 is 11.6 Å². The molecular formula is C23H31ClN4O2. The van der Waals surface area contributed by atoms with Gasteiger partial charge in [-0.1, -0.05) is 54.1 Å². The Morgan fingerprint density at radius 1 is 1.03 bits per heavy atom. The van der Waals surface area contributed by atoms with Crippen molar-refractivity contribution in [1.82, 2.24) is 15.5 Å². The third-order valence-electron chi connectivity index (χ3n) is 5.43. The van der Waals surface area contributed by atoms with Crippen molar-refractivity contribution in [2.45, 2.75) is 12.0 Å². The molecule has 1 heterocycles. The third-order valence-corrected chi connectivity index (χ3v) is 5.69. The SMILES string of the molecule is CN=C(NCC(CO)c1ccccc1)NCC(c1ccc(Cl)cc1)N1CCOCC1. The number of aliphatic imine (C=N–C) groups is 1. The zero-order valence-corrected chi connectivity index (χ0v) is 18.2. The number of benzene rings is 2. The summed E-state index contributed by atoms with van der Waals surface area (Å²) < 4.78 is 5.53. The number of morpholine rings is 1. The maximum Gasteiger partial charge on any atom is 0.191 e. The van der Waals surface area contributed by atoms with E-state index in [-0.39, 0.29) is 18.6 Å². The van der Waals surface area contributed by atoms with E-state index in [2.05, 4.69) is 32.7 Å². The molecule has 2 atom stereocenters. The molecule has 162 valence electrons. The molecule has 2 aromatic carbocycles. The van der Waals surface area contributed by atoms with Gasteiger partial charge in [-0.15, -0.1) is 0 Å². The quantitative estimate of drug-likeness (QED) is 0.443. The van der Waals surface area contributed by atoms with E-state index in [0.29, 0.717) is 13.1 Å². The average Bonchev–Trinajstić information content (AvgIpc) is 2.80. The zero-order valence-electron chi connectivity index (χ0n) is 17.4. The summed E-state index contributed by atoms with van der Waals surface area (Å²) in [5, 5.41) is 17.3. The largest absolute Gasteiger partial charge is 0.396 e. The molecule has 1 saturated heterocycles. The van der Waals surface area contributed by atoms with Crippen LogP contribution in [0.25, 0.3) is 0 Å². The maximum absolute atomic E-state index is 9.79. The molecule has 0 aliphatic carbocycles. The fourth-order valence-electron chi connectivity index (χ4n) is 3.68. The number of guanidine groups is 1. The summed E-state index contributed by atoms with van der Waals surface area (Å²) in [6.45, 7) is 4.65. The van der Waals surface area contributed by atoms with E-state index in [4.69, 9.17) is 16.3 Å². The first-order valence-electron chi connectivity index (χ1n) is 10.4. The lowest BCUT2D eigenvalue weighted by atomic mass is 10.0. The number of rotatable bonds is 8. The fourth-order valence-corrected chi connectivity index (χ4v) is 3.80. The molecule has 6 nitrogen and oxygen atoms in total. The minimum Gasteiger partial charge on any atom is -0.396 e. The van der Waals surface area contributed by atoms with E-state index in [1.54, 1.807) is 7.05 Å². The van der Waals surface area contributed by atoms with Crippen molar-refractivity contribution in [3.05, 3.63) is 70.7 Å². The van der Waals surface area contributed by atoms with E-state index < -0.39 is 0 Å². The third kappa shape index (κ3) is 6.44. The van der Waals surface area contributed by atoms with E-state index in [1.807, 2.05) is 42.5 Å². The minimum absolute atomic E-state index is 0.0102.